The van der Waals surface area contributed by atoms with Crippen molar-refractivity contribution in [3.05, 3.63) is 0 Å². The van der Waals surface area contributed by atoms with Gasteiger partial charge >= 0.3 is 0 Å². The highest BCUT2D eigenvalue weighted by Gasteiger charge is 2.37. The molecular formula is C13H22N2O3. The molecule has 102 valence electrons. The van der Waals surface area contributed by atoms with Crippen LogP contribution in [0.2, 0.25) is 0 Å². The van der Waals surface area contributed by atoms with Gasteiger partial charge in [0.05, 0.1) is 12.5 Å². The molecule has 0 aromatic carbocycles. The van der Waals surface area contributed by atoms with E-state index in [4.69, 9.17) is 4.84 Å². The Hall–Kier alpha value is -1.10. The molecule has 2 rings (SSSR count). The molecule has 2 aliphatic rings. The maximum Gasteiger partial charge on any atom is 0.248 e. The van der Waals surface area contributed by atoms with Gasteiger partial charge in [0, 0.05) is 19.5 Å². The molecule has 1 saturated heterocycles. The average Bonchev–Trinajstić information content (AvgIpc) is 3.02. The second-order valence-corrected chi connectivity index (χ2v) is 5.81. The molecule has 1 aliphatic heterocycles. The van der Waals surface area contributed by atoms with Crippen LogP contribution in [0.1, 0.15) is 33.1 Å². The molecule has 5 heteroatoms. The van der Waals surface area contributed by atoms with Crippen LogP contribution < -0.4 is 5.48 Å². The normalized spacial score (nSPS) is 23.8. The van der Waals surface area contributed by atoms with Crippen molar-refractivity contribution in [1.82, 2.24) is 10.4 Å². The minimum Gasteiger partial charge on any atom is -0.342 e. The van der Waals surface area contributed by atoms with E-state index in [1.807, 2.05) is 18.7 Å². The van der Waals surface area contributed by atoms with Crippen molar-refractivity contribution in [2.45, 2.75) is 33.1 Å². The lowest BCUT2D eigenvalue weighted by Crippen LogP contribution is -2.34. The highest BCUT2D eigenvalue weighted by molar-refractivity contribution is 5.88. The highest BCUT2D eigenvalue weighted by atomic mass is 16.6. The summed E-state index contributed by atoms with van der Waals surface area (Å²) in [5, 5.41) is 0. The standard InChI is InChI=1S/C13H22N2O3/c1-9(2)8-18-14-13(17)11-5-12(16)15(7-11)6-10-3-4-10/h9-11H,3-8H2,1-2H3,(H,14,17). The van der Waals surface area contributed by atoms with Gasteiger partial charge in [-0.2, -0.15) is 0 Å². The minimum atomic E-state index is -0.247. The summed E-state index contributed by atoms with van der Waals surface area (Å²) in [5.74, 6) is 0.742. The Morgan fingerprint density at radius 3 is 2.83 bits per heavy atom. The number of nitrogens with zero attached hydrogens (tertiary/aromatic N) is 1. The monoisotopic (exact) mass is 254 g/mol. The first kappa shape index (κ1) is 13.3. The number of carbonyl (C=O) groups is 2. The summed E-state index contributed by atoms with van der Waals surface area (Å²) in [6.45, 7) is 5.91. The Bertz CT molecular complexity index is 326. The largest absolute Gasteiger partial charge is 0.342 e. The number of rotatable bonds is 6. The van der Waals surface area contributed by atoms with Gasteiger partial charge in [-0.1, -0.05) is 13.8 Å². The maximum absolute atomic E-state index is 11.8. The van der Waals surface area contributed by atoms with Gasteiger partial charge in [-0.3, -0.25) is 14.4 Å². The average molecular weight is 254 g/mol. The van der Waals surface area contributed by atoms with Gasteiger partial charge in [0.1, 0.15) is 0 Å². The van der Waals surface area contributed by atoms with Crippen molar-refractivity contribution >= 4 is 11.8 Å². The zero-order valence-corrected chi connectivity index (χ0v) is 11.1. The van der Waals surface area contributed by atoms with Gasteiger partial charge in [-0.05, 0) is 24.7 Å². The number of carbonyl (C=O) groups excluding carboxylic acids is 2. The molecule has 1 unspecified atom stereocenters. The quantitative estimate of drug-likeness (QED) is 0.718. The smallest absolute Gasteiger partial charge is 0.248 e. The molecule has 2 amide bonds. The molecule has 0 aromatic heterocycles. The van der Waals surface area contributed by atoms with E-state index in [1.165, 1.54) is 12.8 Å². The van der Waals surface area contributed by atoms with Crippen LogP contribution in [0, 0.1) is 17.8 Å². The number of hydroxylamine groups is 1. The van der Waals surface area contributed by atoms with E-state index in [0.717, 1.165) is 6.54 Å². The summed E-state index contributed by atoms with van der Waals surface area (Å²) < 4.78 is 0. The zero-order chi connectivity index (χ0) is 13.1. The van der Waals surface area contributed by atoms with Crippen molar-refractivity contribution in [3.8, 4) is 0 Å². The van der Waals surface area contributed by atoms with Crippen molar-refractivity contribution in [2.24, 2.45) is 17.8 Å². The van der Waals surface area contributed by atoms with Gasteiger partial charge in [-0.25, -0.2) is 5.48 Å². The first-order valence-corrected chi connectivity index (χ1v) is 6.75. The molecule has 0 spiro atoms. The van der Waals surface area contributed by atoms with Crippen LogP contribution in [0.5, 0.6) is 0 Å². The van der Waals surface area contributed by atoms with Crippen LogP contribution in [0.4, 0.5) is 0 Å². The molecule has 2 fully saturated rings. The first-order chi connectivity index (χ1) is 8.56. The van der Waals surface area contributed by atoms with E-state index < -0.39 is 0 Å². The van der Waals surface area contributed by atoms with Crippen molar-refractivity contribution in [2.75, 3.05) is 19.7 Å². The molecule has 5 nitrogen and oxygen atoms in total. The fourth-order valence-electron chi connectivity index (χ4n) is 2.10. The van der Waals surface area contributed by atoms with Crippen molar-refractivity contribution in [1.29, 1.82) is 0 Å². The second-order valence-electron chi connectivity index (χ2n) is 5.81. The van der Waals surface area contributed by atoms with Gasteiger partial charge < -0.3 is 4.90 Å². The van der Waals surface area contributed by atoms with E-state index in [-0.39, 0.29) is 17.7 Å². The summed E-state index contributed by atoms with van der Waals surface area (Å²) in [6.07, 6.45) is 2.76. The van der Waals surface area contributed by atoms with Crippen LogP contribution in [0.3, 0.4) is 0 Å². The number of hydrogen-bond acceptors (Lipinski definition) is 3. The Morgan fingerprint density at radius 2 is 2.22 bits per heavy atom. The van der Waals surface area contributed by atoms with Crippen LogP contribution in [0.15, 0.2) is 0 Å². The molecule has 0 radical (unpaired) electrons. The SMILES string of the molecule is CC(C)CONC(=O)C1CC(=O)N(CC2CC2)C1. The Labute approximate surface area is 108 Å². The molecule has 1 atom stereocenters. The molecule has 1 heterocycles. The van der Waals surface area contributed by atoms with Crippen LogP contribution in [0.25, 0.3) is 0 Å². The summed E-state index contributed by atoms with van der Waals surface area (Å²) in [4.78, 5) is 30.5. The third-order valence-electron chi connectivity index (χ3n) is 3.35. The van der Waals surface area contributed by atoms with Crippen LogP contribution in [-0.4, -0.2) is 36.4 Å². The number of nitrogens with one attached hydrogen (secondary N) is 1. The fraction of sp³-hybridized carbons (Fsp3) is 0.846. The van der Waals surface area contributed by atoms with Crippen LogP contribution in [-0.2, 0) is 14.4 Å². The Morgan fingerprint density at radius 1 is 1.50 bits per heavy atom. The lowest BCUT2D eigenvalue weighted by molar-refractivity contribution is -0.138. The summed E-state index contributed by atoms with van der Waals surface area (Å²) in [6, 6.07) is 0. The molecule has 0 bridgehead atoms. The van der Waals surface area contributed by atoms with Gasteiger partial charge in [0.25, 0.3) is 0 Å². The number of likely N-dealkylation sites (tertiary alicyclic amines) is 1. The highest BCUT2D eigenvalue weighted by Crippen LogP contribution is 2.31. The van der Waals surface area contributed by atoms with Gasteiger partial charge in [0.2, 0.25) is 11.8 Å². The zero-order valence-electron chi connectivity index (χ0n) is 11.1. The van der Waals surface area contributed by atoms with E-state index in [9.17, 15) is 9.59 Å². The molecular weight excluding hydrogens is 232 g/mol. The van der Waals surface area contributed by atoms with Crippen molar-refractivity contribution < 1.29 is 14.4 Å². The van der Waals surface area contributed by atoms with E-state index in [2.05, 4.69) is 5.48 Å². The Kier molecular flexibility index (Phi) is 4.22. The molecule has 1 aliphatic carbocycles. The van der Waals surface area contributed by atoms with E-state index in [0.29, 0.717) is 31.4 Å². The van der Waals surface area contributed by atoms with Gasteiger partial charge in [-0.15, -0.1) is 0 Å². The predicted octanol–water partition coefficient (Wildman–Crippen LogP) is 0.949. The second kappa shape index (κ2) is 5.69. The predicted molar refractivity (Wildman–Crippen MR) is 66.3 cm³/mol. The Balaban J connectivity index is 1.72. The third kappa shape index (κ3) is 3.70. The molecule has 1 N–H and O–H groups in total. The summed E-state index contributed by atoms with van der Waals surface area (Å²) in [7, 11) is 0. The van der Waals surface area contributed by atoms with Gasteiger partial charge in [0.15, 0.2) is 0 Å². The molecule has 1 saturated carbocycles. The van der Waals surface area contributed by atoms with Crippen molar-refractivity contribution in [3.63, 3.8) is 0 Å². The number of amides is 2. The summed E-state index contributed by atoms with van der Waals surface area (Å²) >= 11 is 0. The van der Waals surface area contributed by atoms with E-state index in [1.54, 1.807) is 0 Å². The molecule has 0 aromatic rings. The lowest BCUT2D eigenvalue weighted by Gasteiger charge is -2.16. The summed E-state index contributed by atoms with van der Waals surface area (Å²) in [5.41, 5.74) is 2.45. The maximum atomic E-state index is 11.8. The number of hydrogen-bond donors (Lipinski definition) is 1. The van der Waals surface area contributed by atoms with Crippen LogP contribution >= 0.6 is 0 Å². The van der Waals surface area contributed by atoms with E-state index >= 15 is 0 Å². The fourth-order valence-corrected chi connectivity index (χ4v) is 2.10. The third-order valence-corrected chi connectivity index (χ3v) is 3.35. The first-order valence-electron chi connectivity index (χ1n) is 6.75. The topological polar surface area (TPSA) is 58.6 Å². The lowest BCUT2D eigenvalue weighted by atomic mass is 10.1. The minimum absolute atomic E-state index is 0.103. The molecule has 18 heavy (non-hydrogen) atoms.